The molecule has 5 nitrogen and oxygen atoms in total. The molecule has 0 aliphatic carbocycles. The number of ether oxygens (including phenoxy) is 2. The van der Waals surface area contributed by atoms with Crippen LogP contribution in [-0.4, -0.2) is 36.8 Å². The fourth-order valence-corrected chi connectivity index (χ4v) is 2.44. The second kappa shape index (κ2) is 8.07. The second-order valence-electron chi connectivity index (χ2n) is 4.92. The van der Waals surface area contributed by atoms with Gasteiger partial charge in [0.25, 0.3) is 0 Å². The summed E-state index contributed by atoms with van der Waals surface area (Å²) in [7, 11) is 1.60. The molecule has 0 bridgehead atoms. The first kappa shape index (κ1) is 14.2. The van der Waals surface area contributed by atoms with Gasteiger partial charge in [0, 0.05) is 19.0 Å². The summed E-state index contributed by atoms with van der Waals surface area (Å²) in [4.78, 5) is 8.31. The average Bonchev–Trinajstić information content (AvgIpc) is 2.48. The molecule has 1 aromatic rings. The number of hydrogen-bond acceptors (Lipinski definition) is 5. The van der Waals surface area contributed by atoms with E-state index in [2.05, 4.69) is 15.3 Å². The number of methoxy groups -OCH3 is 1. The Balaban J connectivity index is 1.61. The monoisotopic (exact) mass is 265 g/mol. The third kappa shape index (κ3) is 4.76. The van der Waals surface area contributed by atoms with Crippen molar-refractivity contribution in [3.8, 4) is 5.88 Å². The summed E-state index contributed by atoms with van der Waals surface area (Å²) in [5.74, 6) is 1.38. The number of rotatable bonds is 7. The van der Waals surface area contributed by atoms with E-state index in [0.29, 0.717) is 12.5 Å². The van der Waals surface area contributed by atoms with Crippen LogP contribution in [0.4, 0.5) is 0 Å². The lowest BCUT2D eigenvalue weighted by Crippen LogP contribution is -2.29. The number of nitrogens with zero attached hydrogens (tertiary/aromatic N) is 2. The normalized spacial score (nSPS) is 19.3. The van der Waals surface area contributed by atoms with Gasteiger partial charge >= 0.3 is 0 Å². The molecule has 0 spiro atoms. The van der Waals surface area contributed by atoms with Gasteiger partial charge in [-0.25, -0.2) is 4.98 Å². The highest BCUT2D eigenvalue weighted by atomic mass is 16.5. The molecular formula is C14H23N3O2. The molecule has 0 amide bonds. The number of hydrogen-bond donors (Lipinski definition) is 1. The molecular weight excluding hydrogens is 242 g/mol. The first-order chi connectivity index (χ1) is 9.40. The van der Waals surface area contributed by atoms with Gasteiger partial charge in [0.15, 0.2) is 0 Å². The molecule has 0 saturated carbocycles. The molecule has 5 heteroatoms. The Morgan fingerprint density at radius 2 is 2.26 bits per heavy atom. The molecule has 0 aromatic carbocycles. The lowest BCUT2D eigenvalue weighted by molar-refractivity contribution is 0.107. The zero-order valence-corrected chi connectivity index (χ0v) is 11.6. The van der Waals surface area contributed by atoms with Gasteiger partial charge in [-0.05, 0) is 44.7 Å². The van der Waals surface area contributed by atoms with Gasteiger partial charge in [-0.3, -0.25) is 4.98 Å². The molecule has 1 aromatic heterocycles. The topological polar surface area (TPSA) is 56.3 Å². The predicted molar refractivity (Wildman–Crippen MR) is 73.1 cm³/mol. The number of nitrogens with one attached hydrogen (secondary N) is 1. The molecule has 1 N–H and O–H groups in total. The Labute approximate surface area is 114 Å². The lowest BCUT2D eigenvalue weighted by Gasteiger charge is -2.22. The maximum atomic E-state index is 5.65. The van der Waals surface area contributed by atoms with Crippen LogP contribution in [0.5, 0.6) is 5.88 Å². The van der Waals surface area contributed by atoms with Crippen molar-refractivity contribution in [1.82, 2.24) is 15.3 Å². The van der Waals surface area contributed by atoms with Crippen LogP contribution >= 0.6 is 0 Å². The molecule has 0 radical (unpaired) electrons. The third-order valence-corrected chi connectivity index (χ3v) is 3.47. The maximum Gasteiger partial charge on any atom is 0.237 e. The SMILES string of the molecule is COc1nccnc1COCCCC1CCCNC1. The van der Waals surface area contributed by atoms with Crippen molar-refractivity contribution < 1.29 is 9.47 Å². The Hall–Kier alpha value is -1.20. The zero-order chi connectivity index (χ0) is 13.3. The molecule has 2 rings (SSSR count). The molecule has 1 aliphatic rings. The van der Waals surface area contributed by atoms with Gasteiger partial charge in [0.05, 0.1) is 13.7 Å². The molecule has 1 aliphatic heterocycles. The largest absolute Gasteiger partial charge is 0.480 e. The Morgan fingerprint density at radius 3 is 3.05 bits per heavy atom. The molecule has 1 atom stereocenters. The van der Waals surface area contributed by atoms with Crippen LogP contribution in [0, 0.1) is 5.92 Å². The first-order valence-electron chi connectivity index (χ1n) is 7.02. The van der Waals surface area contributed by atoms with Crippen LogP contribution in [0.25, 0.3) is 0 Å². The van der Waals surface area contributed by atoms with Crippen molar-refractivity contribution in [1.29, 1.82) is 0 Å². The lowest BCUT2D eigenvalue weighted by atomic mass is 9.95. The predicted octanol–water partition coefficient (Wildman–Crippen LogP) is 1.78. The first-order valence-corrected chi connectivity index (χ1v) is 7.02. The molecule has 1 fully saturated rings. The van der Waals surface area contributed by atoms with E-state index in [9.17, 15) is 0 Å². The van der Waals surface area contributed by atoms with E-state index < -0.39 is 0 Å². The molecule has 1 saturated heterocycles. The second-order valence-corrected chi connectivity index (χ2v) is 4.92. The molecule has 2 heterocycles. The van der Waals surface area contributed by atoms with Crippen LogP contribution in [-0.2, 0) is 11.3 Å². The minimum Gasteiger partial charge on any atom is -0.480 e. The number of aromatic nitrogens is 2. The average molecular weight is 265 g/mol. The quantitative estimate of drug-likeness (QED) is 0.762. The van der Waals surface area contributed by atoms with E-state index in [-0.39, 0.29) is 0 Å². The summed E-state index contributed by atoms with van der Waals surface area (Å²) in [6.45, 7) is 3.59. The summed E-state index contributed by atoms with van der Waals surface area (Å²) in [6.07, 6.45) is 8.29. The van der Waals surface area contributed by atoms with Gasteiger partial charge in [-0.15, -0.1) is 0 Å². The van der Waals surface area contributed by atoms with Crippen molar-refractivity contribution in [3.05, 3.63) is 18.1 Å². The van der Waals surface area contributed by atoms with Gasteiger partial charge in [-0.1, -0.05) is 0 Å². The van der Waals surface area contributed by atoms with Crippen LogP contribution < -0.4 is 10.1 Å². The van der Waals surface area contributed by atoms with Crippen LogP contribution in [0.3, 0.4) is 0 Å². The standard InChI is InChI=1S/C14H23N3O2/c1-18-14-13(16-7-8-17-14)11-19-9-3-5-12-4-2-6-15-10-12/h7-8,12,15H,2-6,9-11H2,1H3. The van der Waals surface area contributed by atoms with E-state index >= 15 is 0 Å². The van der Waals surface area contributed by atoms with Crippen molar-refractivity contribution in [2.45, 2.75) is 32.3 Å². The highest BCUT2D eigenvalue weighted by Gasteiger charge is 2.12. The summed E-state index contributed by atoms with van der Waals surface area (Å²) < 4.78 is 10.8. The van der Waals surface area contributed by atoms with Gasteiger partial charge in [0.1, 0.15) is 5.69 Å². The van der Waals surface area contributed by atoms with Gasteiger partial charge in [0.2, 0.25) is 5.88 Å². The number of piperidine rings is 1. The fourth-order valence-electron chi connectivity index (χ4n) is 2.44. The van der Waals surface area contributed by atoms with Crippen LogP contribution in [0.1, 0.15) is 31.4 Å². The highest BCUT2D eigenvalue weighted by molar-refractivity contribution is 5.15. The summed E-state index contributed by atoms with van der Waals surface area (Å²) in [6, 6.07) is 0. The van der Waals surface area contributed by atoms with Crippen molar-refractivity contribution in [3.63, 3.8) is 0 Å². The minimum atomic E-state index is 0.472. The van der Waals surface area contributed by atoms with Gasteiger partial charge in [-0.2, -0.15) is 0 Å². The fraction of sp³-hybridized carbons (Fsp3) is 0.714. The summed E-state index contributed by atoms with van der Waals surface area (Å²) in [5.41, 5.74) is 0.768. The van der Waals surface area contributed by atoms with E-state index in [1.807, 2.05) is 0 Å². The Bertz CT molecular complexity index is 367. The molecule has 1 unspecified atom stereocenters. The van der Waals surface area contributed by atoms with Crippen LogP contribution in [0.2, 0.25) is 0 Å². The van der Waals surface area contributed by atoms with E-state index in [4.69, 9.17) is 9.47 Å². The minimum absolute atomic E-state index is 0.472. The summed E-state index contributed by atoms with van der Waals surface area (Å²) >= 11 is 0. The molecule has 106 valence electrons. The van der Waals surface area contributed by atoms with Crippen molar-refractivity contribution in [2.24, 2.45) is 5.92 Å². The van der Waals surface area contributed by atoms with Gasteiger partial charge < -0.3 is 14.8 Å². The Morgan fingerprint density at radius 1 is 1.37 bits per heavy atom. The van der Waals surface area contributed by atoms with E-state index in [0.717, 1.165) is 31.2 Å². The van der Waals surface area contributed by atoms with Crippen molar-refractivity contribution in [2.75, 3.05) is 26.8 Å². The van der Waals surface area contributed by atoms with E-state index in [1.165, 1.54) is 25.8 Å². The van der Waals surface area contributed by atoms with Crippen molar-refractivity contribution >= 4 is 0 Å². The zero-order valence-electron chi connectivity index (χ0n) is 11.6. The third-order valence-electron chi connectivity index (χ3n) is 3.47. The maximum absolute atomic E-state index is 5.65. The Kier molecular flexibility index (Phi) is 6.04. The van der Waals surface area contributed by atoms with Crippen LogP contribution in [0.15, 0.2) is 12.4 Å². The van der Waals surface area contributed by atoms with E-state index in [1.54, 1.807) is 19.5 Å². The highest BCUT2D eigenvalue weighted by Crippen LogP contribution is 2.16. The summed E-state index contributed by atoms with van der Waals surface area (Å²) in [5, 5.41) is 3.44. The smallest absolute Gasteiger partial charge is 0.237 e. The molecule has 19 heavy (non-hydrogen) atoms.